The van der Waals surface area contributed by atoms with Crippen LogP contribution in [0, 0.1) is 0 Å². The van der Waals surface area contributed by atoms with E-state index in [1.807, 2.05) is 0 Å². The molecule has 1 aromatic heterocycles. The van der Waals surface area contributed by atoms with Crippen molar-refractivity contribution in [2.45, 2.75) is 46.6 Å². The van der Waals surface area contributed by atoms with Crippen molar-refractivity contribution in [1.29, 1.82) is 0 Å². The maximum Gasteiger partial charge on any atom is 0.181 e. The Morgan fingerprint density at radius 2 is 1.94 bits per heavy atom. The summed E-state index contributed by atoms with van der Waals surface area (Å²) in [5, 5.41) is 8.89. The van der Waals surface area contributed by atoms with E-state index in [4.69, 9.17) is 9.90 Å². The van der Waals surface area contributed by atoms with Gasteiger partial charge in [0.2, 0.25) is 0 Å². The summed E-state index contributed by atoms with van der Waals surface area (Å²) in [4.78, 5) is 8.89. The lowest BCUT2D eigenvalue weighted by Gasteiger charge is -2.00. The molecule has 16 heavy (non-hydrogen) atoms. The van der Waals surface area contributed by atoms with Gasteiger partial charge in [-0.05, 0) is 13.3 Å². The summed E-state index contributed by atoms with van der Waals surface area (Å²) in [5.74, 6) is -1.08. The zero-order valence-electron chi connectivity index (χ0n) is 10.4. The summed E-state index contributed by atoms with van der Waals surface area (Å²) in [7, 11) is 0. The number of carboxylic acids is 1. The summed E-state index contributed by atoms with van der Waals surface area (Å²) in [6.07, 6.45) is 5.81. The van der Waals surface area contributed by atoms with Crippen molar-refractivity contribution >= 4 is 5.97 Å². The van der Waals surface area contributed by atoms with Crippen LogP contribution >= 0.6 is 0 Å². The lowest BCUT2D eigenvalue weighted by molar-refractivity contribution is -0.704. The van der Waals surface area contributed by atoms with Crippen LogP contribution in [0.1, 0.15) is 39.3 Å². The van der Waals surface area contributed by atoms with Crippen LogP contribution < -0.4 is 9.67 Å². The highest BCUT2D eigenvalue weighted by Gasteiger charge is 2.05. The largest absolute Gasteiger partial charge is 0.550 e. The summed E-state index contributed by atoms with van der Waals surface area (Å²) in [6.45, 7) is 6.56. The second-order valence-corrected chi connectivity index (χ2v) is 3.63. The first-order valence-corrected chi connectivity index (χ1v) is 5.76. The molecule has 0 amide bonds. The maximum atomic E-state index is 8.89. The van der Waals surface area contributed by atoms with Gasteiger partial charge in [-0.2, -0.15) is 0 Å². The van der Waals surface area contributed by atoms with Crippen LogP contribution in [0.5, 0.6) is 0 Å². The Kier molecular flexibility index (Phi) is 8.12. The number of carboxylic acid groups (broad SMARTS) is 1. The molecule has 0 fully saturated rings. The fraction of sp³-hybridized carbons (Fsp3) is 0.538. The fourth-order valence-corrected chi connectivity index (χ4v) is 1.45. The van der Waals surface area contributed by atoms with E-state index < -0.39 is 5.97 Å². The number of aryl methyl sites for hydroxylation is 2. The van der Waals surface area contributed by atoms with Gasteiger partial charge >= 0.3 is 0 Å². The lowest BCUT2D eigenvalue weighted by atomic mass is 10.2. The van der Waals surface area contributed by atoms with E-state index in [9.17, 15) is 0 Å². The average molecular weight is 223 g/mol. The molecule has 1 aromatic rings. The number of rotatable bonds is 4. The summed E-state index contributed by atoms with van der Waals surface area (Å²) < 4.78 is 2.35. The fourth-order valence-electron chi connectivity index (χ4n) is 1.45. The van der Waals surface area contributed by atoms with Gasteiger partial charge in [0.15, 0.2) is 11.9 Å². The summed E-state index contributed by atoms with van der Waals surface area (Å²) in [6, 6.07) is 6.45. The first-order chi connectivity index (χ1) is 7.61. The number of hydrogen-bond donors (Lipinski definition) is 0. The molecule has 0 saturated heterocycles. The Bertz CT molecular complexity index is 282. The molecule has 1 heterocycles. The lowest BCUT2D eigenvalue weighted by Crippen LogP contribution is -2.37. The van der Waals surface area contributed by atoms with Gasteiger partial charge in [-0.1, -0.05) is 19.9 Å². The van der Waals surface area contributed by atoms with E-state index in [-0.39, 0.29) is 0 Å². The Morgan fingerprint density at radius 3 is 2.44 bits per heavy atom. The van der Waals surface area contributed by atoms with Crippen LogP contribution in [0.15, 0.2) is 24.4 Å². The number of nitrogens with zero attached hydrogens (tertiary/aromatic N) is 1. The highest BCUT2D eigenvalue weighted by molar-refractivity contribution is 5.60. The van der Waals surface area contributed by atoms with Crippen molar-refractivity contribution in [1.82, 2.24) is 0 Å². The van der Waals surface area contributed by atoms with Gasteiger partial charge in [-0.15, -0.1) is 0 Å². The summed E-state index contributed by atoms with van der Waals surface area (Å²) >= 11 is 0. The third-order valence-corrected chi connectivity index (χ3v) is 2.01. The minimum absolute atomic E-state index is 0.972. The predicted molar refractivity (Wildman–Crippen MR) is 61.6 cm³/mol. The van der Waals surface area contributed by atoms with Crippen LogP contribution in [0.4, 0.5) is 0 Å². The molecule has 0 spiro atoms. The van der Waals surface area contributed by atoms with Crippen molar-refractivity contribution in [3.63, 3.8) is 0 Å². The van der Waals surface area contributed by atoms with E-state index in [2.05, 4.69) is 42.8 Å². The van der Waals surface area contributed by atoms with Crippen molar-refractivity contribution in [3.8, 4) is 0 Å². The second-order valence-electron chi connectivity index (χ2n) is 3.63. The Hall–Kier alpha value is -1.38. The molecule has 0 atom stereocenters. The average Bonchev–Trinajstić information content (AvgIpc) is 2.21. The molecular weight excluding hydrogens is 202 g/mol. The molecule has 3 heteroatoms. The van der Waals surface area contributed by atoms with E-state index in [0.717, 1.165) is 13.5 Å². The number of aromatic nitrogens is 1. The molecule has 3 nitrogen and oxygen atoms in total. The van der Waals surface area contributed by atoms with Gasteiger partial charge in [0.25, 0.3) is 0 Å². The van der Waals surface area contributed by atoms with E-state index in [1.165, 1.54) is 25.0 Å². The van der Waals surface area contributed by atoms with E-state index >= 15 is 0 Å². The smallest absolute Gasteiger partial charge is 0.181 e. The molecule has 0 aliphatic carbocycles. The van der Waals surface area contributed by atoms with E-state index in [0.29, 0.717) is 0 Å². The molecule has 0 radical (unpaired) electrons. The van der Waals surface area contributed by atoms with Gasteiger partial charge < -0.3 is 9.90 Å². The van der Waals surface area contributed by atoms with Gasteiger partial charge in [0.05, 0.1) is 0 Å². The third-order valence-electron chi connectivity index (χ3n) is 2.01. The predicted octanol–water partition coefficient (Wildman–Crippen LogP) is 1.09. The summed E-state index contributed by atoms with van der Waals surface area (Å²) in [5.41, 5.74) is 1.46. The number of hydrogen-bond acceptors (Lipinski definition) is 2. The molecule has 1 rings (SSSR count). The second kappa shape index (κ2) is 8.89. The minimum atomic E-state index is -1.08. The van der Waals surface area contributed by atoms with Gasteiger partial charge in [-0.3, -0.25) is 0 Å². The molecule has 0 aliphatic heterocycles. The highest BCUT2D eigenvalue weighted by atomic mass is 16.4. The standard InChI is InChI=1S/C11H18N.C2H4O2/c1-3-7-11-8-5-6-10-12(11)9-4-2;1-2(3)4/h5-6,8,10H,3-4,7,9H2,1-2H3;1H3,(H,3,4)/q+1;/p-1. The van der Waals surface area contributed by atoms with Crippen LogP contribution in [0.2, 0.25) is 0 Å². The first kappa shape index (κ1) is 14.6. The van der Waals surface area contributed by atoms with Crippen molar-refractivity contribution in [3.05, 3.63) is 30.1 Å². The van der Waals surface area contributed by atoms with Crippen LogP contribution in [-0.4, -0.2) is 5.97 Å². The maximum absolute atomic E-state index is 8.89. The zero-order chi connectivity index (χ0) is 12.4. The van der Waals surface area contributed by atoms with Crippen LogP contribution in [0.3, 0.4) is 0 Å². The molecule has 0 N–H and O–H groups in total. The number of pyridine rings is 1. The zero-order valence-corrected chi connectivity index (χ0v) is 10.4. The topological polar surface area (TPSA) is 44.0 Å². The monoisotopic (exact) mass is 223 g/mol. The Balaban J connectivity index is 0.000000487. The minimum Gasteiger partial charge on any atom is -0.550 e. The molecule has 0 unspecified atom stereocenters. The highest BCUT2D eigenvalue weighted by Crippen LogP contribution is 1.96. The van der Waals surface area contributed by atoms with E-state index in [1.54, 1.807) is 0 Å². The molecule has 90 valence electrons. The molecule has 0 bridgehead atoms. The van der Waals surface area contributed by atoms with Gasteiger partial charge in [0, 0.05) is 30.9 Å². The first-order valence-electron chi connectivity index (χ1n) is 5.76. The third kappa shape index (κ3) is 6.98. The molecule has 0 saturated carbocycles. The number of carbonyl (C=O) groups is 1. The quantitative estimate of drug-likeness (QED) is 0.717. The Labute approximate surface area is 97.7 Å². The van der Waals surface area contributed by atoms with Crippen molar-refractivity contribution < 1.29 is 14.5 Å². The van der Waals surface area contributed by atoms with Crippen molar-refractivity contribution in [2.75, 3.05) is 0 Å². The van der Waals surface area contributed by atoms with Crippen molar-refractivity contribution in [2.24, 2.45) is 0 Å². The SMILES string of the molecule is CC(=O)[O-].CCCc1cccc[n+]1CCC. The molecular formula is C13H21NO2. The normalized spacial score (nSPS) is 9.19. The number of aliphatic carboxylic acids is 1. The molecule has 0 aromatic carbocycles. The van der Waals surface area contributed by atoms with Gasteiger partial charge in [0.1, 0.15) is 6.54 Å². The molecule has 0 aliphatic rings. The number of carbonyl (C=O) groups excluding carboxylic acids is 1. The van der Waals surface area contributed by atoms with Crippen LogP contribution in [0.25, 0.3) is 0 Å². The van der Waals surface area contributed by atoms with Gasteiger partial charge in [-0.25, -0.2) is 4.57 Å². The Morgan fingerprint density at radius 1 is 1.31 bits per heavy atom. The van der Waals surface area contributed by atoms with Crippen LogP contribution in [-0.2, 0) is 17.8 Å².